The highest BCUT2D eigenvalue weighted by Crippen LogP contribution is 2.50. The van der Waals surface area contributed by atoms with Crippen LogP contribution in [0.3, 0.4) is 0 Å². The zero-order valence-electron chi connectivity index (χ0n) is 15.3. The molecule has 2 rings (SSSR count). The maximum Gasteiger partial charge on any atom is 0.430 e. The summed E-state index contributed by atoms with van der Waals surface area (Å²) in [6.45, 7) is 5.43. The first-order valence-electron chi connectivity index (χ1n) is 8.34. The average Bonchev–Trinajstić information content (AvgIpc) is 2.59. The Bertz CT molecular complexity index is 788. The Kier molecular flexibility index (Phi) is 5.60. The third-order valence-corrected chi connectivity index (χ3v) is 5.32. The molecule has 0 aliphatic heterocycles. The molecule has 0 saturated heterocycles. The second-order valence-corrected chi connectivity index (χ2v) is 7.28. The van der Waals surface area contributed by atoms with Gasteiger partial charge in [-0.2, -0.15) is 26.3 Å². The molecular weight excluding hydrogens is 389 g/mol. The Morgan fingerprint density at radius 3 is 1.50 bits per heavy atom. The lowest BCUT2D eigenvalue weighted by atomic mass is 9.71. The van der Waals surface area contributed by atoms with E-state index in [-0.39, 0.29) is 5.92 Å². The van der Waals surface area contributed by atoms with Crippen LogP contribution in [0.2, 0.25) is 0 Å². The van der Waals surface area contributed by atoms with Gasteiger partial charge in [-0.3, -0.25) is 0 Å². The van der Waals surface area contributed by atoms with Gasteiger partial charge < -0.3 is 5.11 Å². The van der Waals surface area contributed by atoms with Crippen LogP contribution in [0.15, 0.2) is 48.5 Å². The second kappa shape index (κ2) is 7.06. The SMILES string of the molecule is C[C@@H](c1ccc(C(O)(C(F)(F)F)C(F)(F)F)cc1)C(C)(C)c1ccc(F)cc1. The molecule has 0 aliphatic rings. The lowest BCUT2D eigenvalue weighted by Gasteiger charge is -2.34. The fraction of sp³-hybridized carbons (Fsp3) is 0.400. The van der Waals surface area contributed by atoms with Gasteiger partial charge in [0.15, 0.2) is 0 Å². The molecule has 1 nitrogen and oxygen atoms in total. The predicted octanol–water partition coefficient (Wildman–Crippen LogP) is 6.22. The molecule has 1 atom stereocenters. The lowest BCUT2D eigenvalue weighted by molar-refractivity contribution is -0.376. The van der Waals surface area contributed by atoms with Crippen molar-refractivity contribution in [2.45, 2.75) is 50.1 Å². The van der Waals surface area contributed by atoms with Crippen LogP contribution in [0.4, 0.5) is 30.7 Å². The zero-order valence-corrected chi connectivity index (χ0v) is 15.3. The molecule has 0 amide bonds. The molecule has 0 bridgehead atoms. The fourth-order valence-electron chi connectivity index (χ4n) is 3.05. The third kappa shape index (κ3) is 3.74. The predicted molar refractivity (Wildman–Crippen MR) is 90.3 cm³/mol. The van der Waals surface area contributed by atoms with Gasteiger partial charge in [0.2, 0.25) is 0 Å². The van der Waals surface area contributed by atoms with Crippen molar-refractivity contribution in [3.63, 3.8) is 0 Å². The highest BCUT2D eigenvalue weighted by molar-refractivity contribution is 5.36. The minimum absolute atomic E-state index is 0.322. The van der Waals surface area contributed by atoms with Crippen LogP contribution in [-0.4, -0.2) is 17.5 Å². The molecule has 0 spiro atoms. The lowest BCUT2D eigenvalue weighted by Crippen LogP contribution is -2.53. The molecule has 0 unspecified atom stereocenters. The minimum atomic E-state index is -5.92. The third-order valence-electron chi connectivity index (χ3n) is 5.32. The topological polar surface area (TPSA) is 20.2 Å². The largest absolute Gasteiger partial charge is 0.430 e. The Balaban J connectivity index is 2.42. The first kappa shape index (κ1) is 22.2. The molecule has 1 N–H and O–H groups in total. The molecule has 28 heavy (non-hydrogen) atoms. The normalized spacial score (nSPS) is 14.8. The Morgan fingerprint density at radius 2 is 1.11 bits per heavy atom. The van der Waals surface area contributed by atoms with Gasteiger partial charge in [-0.25, -0.2) is 4.39 Å². The first-order chi connectivity index (χ1) is 12.6. The number of hydrogen-bond donors (Lipinski definition) is 1. The van der Waals surface area contributed by atoms with Gasteiger partial charge in [0, 0.05) is 5.56 Å². The average molecular weight is 408 g/mol. The van der Waals surface area contributed by atoms with Crippen LogP contribution in [0.25, 0.3) is 0 Å². The standard InChI is InChI=1S/C20H19F7O/c1-12(17(2,3)14-8-10-16(21)11-9-14)13-4-6-15(7-5-13)18(28,19(22,23)24)20(25,26)27/h4-12,28H,1-3H3/t12-/m0/s1. The number of hydrogen-bond acceptors (Lipinski definition) is 1. The van der Waals surface area contributed by atoms with Crippen molar-refractivity contribution in [1.29, 1.82) is 0 Å². The Hall–Kier alpha value is -2.09. The highest BCUT2D eigenvalue weighted by atomic mass is 19.4. The van der Waals surface area contributed by atoms with E-state index in [9.17, 15) is 35.8 Å². The van der Waals surface area contributed by atoms with Crippen molar-refractivity contribution in [2.75, 3.05) is 0 Å². The van der Waals surface area contributed by atoms with Crippen LogP contribution < -0.4 is 0 Å². The number of benzene rings is 2. The van der Waals surface area contributed by atoms with Crippen LogP contribution >= 0.6 is 0 Å². The van der Waals surface area contributed by atoms with E-state index in [4.69, 9.17) is 0 Å². The van der Waals surface area contributed by atoms with E-state index in [0.29, 0.717) is 17.7 Å². The van der Waals surface area contributed by atoms with Gasteiger partial charge in [-0.15, -0.1) is 0 Å². The molecular formula is C20H19F7O. The van der Waals surface area contributed by atoms with Crippen molar-refractivity contribution in [3.05, 3.63) is 71.0 Å². The highest BCUT2D eigenvalue weighted by Gasteiger charge is 2.71. The van der Waals surface area contributed by atoms with E-state index in [1.54, 1.807) is 19.1 Å². The van der Waals surface area contributed by atoms with Crippen molar-refractivity contribution >= 4 is 0 Å². The van der Waals surface area contributed by atoms with Crippen molar-refractivity contribution in [1.82, 2.24) is 0 Å². The molecule has 0 saturated carbocycles. The summed E-state index contributed by atoms with van der Waals surface area (Å²) in [6.07, 6.45) is -11.8. The monoisotopic (exact) mass is 408 g/mol. The van der Waals surface area contributed by atoms with E-state index in [2.05, 4.69) is 0 Å². The Labute approximate surface area is 157 Å². The molecule has 2 aromatic rings. The van der Waals surface area contributed by atoms with Gasteiger partial charge in [0.25, 0.3) is 5.60 Å². The van der Waals surface area contributed by atoms with Crippen molar-refractivity contribution < 1.29 is 35.8 Å². The number of rotatable bonds is 4. The summed E-state index contributed by atoms with van der Waals surface area (Å²) >= 11 is 0. The molecule has 0 aromatic heterocycles. The molecule has 0 radical (unpaired) electrons. The summed E-state index contributed by atoms with van der Waals surface area (Å²) < 4.78 is 91.1. The fourth-order valence-corrected chi connectivity index (χ4v) is 3.05. The summed E-state index contributed by atoms with van der Waals surface area (Å²) in [5, 5.41) is 9.46. The molecule has 0 fully saturated rings. The van der Waals surface area contributed by atoms with Gasteiger partial charge in [-0.1, -0.05) is 57.2 Å². The van der Waals surface area contributed by atoms with Crippen LogP contribution in [0, 0.1) is 5.82 Å². The van der Waals surface area contributed by atoms with E-state index in [0.717, 1.165) is 17.7 Å². The van der Waals surface area contributed by atoms with E-state index >= 15 is 0 Å². The van der Waals surface area contributed by atoms with Gasteiger partial charge in [-0.05, 0) is 34.6 Å². The number of aliphatic hydroxyl groups is 1. The number of halogens is 7. The van der Waals surface area contributed by atoms with Crippen LogP contribution in [-0.2, 0) is 11.0 Å². The van der Waals surface area contributed by atoms with Gasteiger partial charge in [0.1, 0.15) is 5.82 Å². The Morgan fingerprint density at radius 1 is 0.714 bits per heavy atom. The minimum Gasteiger partial charge on any atom is -0.369 e. The van der Waals surface area contributed by atoms with Gasteiger partial charge in [0.05, 0.1) is 0 Å². The van der Waals surface area contributed by atoms with Crippen LogP contribution in [0.1, 0.15) is 43.4 Å². The van der Waals surface area contributed by atoms with E-state index < -0.39 is 34.7 Å². The first-order valence-corrected chi connectivity index (χ1v) is 8.34. The molecule has 0 heterocycles. The summed E-state index contributed by atoms with van der Waals surface area (Å²) in [6, 6.07) is 9.24. The summed E-state index contributed by atoms with van der Waals surface area (Å²) in [5.41, 5.74) is -5.60. The summed E-state index contributed by atoms with van der Waals surface area (Å²) in [7, 11) is 0. The molecule has 0 aliphatic carbocycles. The second-order valence-electron chi connectivity index (χ2n) is 7.28. The maximum absolute atomic E-state index is 13.1. The molecule has 154 valence electrons. The summed E-state index contributed by atoms with van der Waals surface area (Å²) in [5.74, 6) is -0.743. The summed E-state index contributed by atoms with van der Waals surface area (Å²) in [4.78, 5) is 0. The zero-order chi connectivity index (χ0) is 21.5. The maximum atomic E-state index is 13.1. The van der Waals surface area contributed by atoms with Crippen LogP contribution in [0.5, 0.6) is 0 Å². The van der Waals surface area contributed by atoms with E-state index in [1.807, 2.05) is 13.8 Å². The van der Waals surface area contributed by atoms with Gasteiger partial charge >= 0.3 is 12.4 Å². The van der Waals surface area contributed by atoms with Crippen molar-refractivity contribution in [2.24, 2.45) is 0 Å². The van der Waals surface area contributed by atoms with Crippen molar-refractivity contribution in [3.8, 4) is 0 Å². The quantitative estimate of drug-likeness (QED) is 0.596. The molecule has 2 aromatic carbocycles. The smallest absolute Gasteiger partial charge is 0.369 e. The number of alkyl halides is 6. The van der Waals surface area contributed by atoms with E-state index in [1.165, 1.54) is 12.1 Å². The molecule has 8 heteroatoms.